The van der Waals surface area contributed by atoms with E-state index in [-0.39, 0.29) is 16.2 Å². The van der Waals surface area contributed by atoms with Gasteiger partial charge in [0.15, 0.2) is 0 Å². The Bertz CT molecular complexity index is 3500. The van der Waals surface area contributed by atoms with E-state index in [1.54, 1.807) is 0 Å². The zero-order valence-corrected chi connectivity index (χ0v) is 40.3. The molecule has 0 aliphatic heterocycles. The van der Waals surface area contributed by atoms with Crippen molar-refractivity contribution in [1.29, 1.82) is 0 Å². The molecule has 0 spiro atoms. The van der Waals surface area contributed by atoms with Gasteiger partial charge in [-0.3, -0.25) is 0 Å². The Morgan fingerprint density at radius 3 is 1.14 bits per heavy atom. The molecule has 0 N–H and O–H groups in total. The highest BCUT2D eigenvalue weighted by Crippen LogP contribution is 2.43. The molecule has 66 heavy (non-hydrogen) atoms. The molecule has 0 unspecified atom stereocenters. The third-order valence-corrected chi connectivity index (χ3v) is 15.7. The summed E-state index contributed by atoms with van der Waals surface area (Å²) < 4.78 is 7.45. The molecule has 0 amide bonds. The standard InChI is InChI=1S/C63H61N3/c1-11-64-55-30-18-40(3)34-51(55)49-28-22-46(38-59(49)64)62(7,8)44-24-32-57-53(36-44)54-37-45(63(9,10)47-23-29-50-52-35-41(4)19-31-56(52)65(12-2)60(50)39-47)25-33-58(54)66(57)48-26-20-43(21-27-48)61(5,6)42-16-14-13-15-17-42/h13-39H,11-12H2,1-10H3. The molecule has 0 radical (unpaired) electrons. The number of aromatic nitrogens is 3. The first-order valence-corrected chi connectivity index (χ1v) is 24.0. The van der Waals surface area contributed by atoms with Gasteiger partial charge < -0.3 is 13.7 Å². The van der Waals surface area contributed by atoms with E-state index in [4.69, 9.17) is 0 Å². The number of benzene rings is 8. The lowest BCUT2D eigenvalue weighted by molar-refractivity contribution is 0.641. The second-order valence-electron chi connectivity index (χ2n) is 20.6. The lowest BCUT2D eigenvalue weighted by Gasteiger charge is -2.27. The van der Waals surface area contributed by atoms with Crippen LogP contribution in [0.1, 0.15) is 99.9 Å². The summed E-state index contributed by atoms with van der Waals surface area (Å²) in [6, 6.07) is 62.8. The van der Waals surface area contributed by atoms with Crippen LogP contribution in [0, 0.1) is 13.8 Å². The number of nitrogens with zero attached hydrogens (tertiary/aromatic N) is 3. The zero-order chi connectivity index (χ0) is 45.9. The Hall–Kier alpha value is -6.84. The van der Waals surface area contributed by atoms with Crippen molar-refractivity contribution >= 4 is 65.4 Å². The third-order valence-electron chi connectivity index (χ3n) is 15.7. The van der Waals surface area contributed by atoms with Gasteiger partial charge in [0.2, 0.25) is 0 Å². The molecule has 328 valence electrons. The van der Waals surface area contributed by atoms with Crippen LogP contribution in [-0.4, -0.2) is 13.7 Å². The van der Waals surface area contributed by atoms with Crippen LogP contribution in [0.15, 0.2) is 164 Å². The minimum Gasteiger partial charge on any atom is -0.341 e. The average molecular weight is 860 g/mol. The van der Waals surface area contributed by atoms with Crippen LogP contribution in [0.25, 0.3) is 71.1 Å². The lowest BCUT2D eigenvalue weighted by atomic mass is 9.76. The van der Waals surface area contributed by atoms with Gasteiger partial charge in [-0.05, 0) is 134 Å². The topological polar surface area (TPSA) is 14.8 Å². The molecule has 3 nitrogen and oxygen atoms in total. The minimum atomic E-state index is -0.255. The van der Waals surface area contributed by atoms with E-state index in [1.165, 1.54) is 116 Å². The summed E-state index contributed by atoms with van der Waals surface area (Å²) >= 11 is 0. The van der Waals surface area contributed by atoms with Crippen molar-refractivity contribution in [3.8, 4) is 5.69 Å². The van der Waals surface area contributed by atoms with Gasteiger partial charge >= 0.3 is 0 Å². The van der Waals surface area contributed by atoms with Gasteiger partial charge in [0.05, 0.1) is 11.0 Å². The molecule has 3 heteroatoms. The Labute approximate surface area is 389 Å². The van der Waals surface area contributed by atoms with Gasteiger partial charge in [-0.2, -0.15) is 0 Å². The van der Waals surface area contributed by atoms with Crippen LogP contribution >= 0.6 is 0 Å². The van der Waals surface area contributed by atoms with Gasteiger partial charge in [0.25, 0.3) is 0 Å². The van der Waals surface area contributed by atoms with Crippen LogP contribution < -0.4 is 0 Å². The van der Waals surface area contributed by atoms with Crippen molar-refractivity contribution < 1.29 is 0 Å². The number of hydrogen-bond acceptors (Lipinski definition) is 0. The van der Waals surface area contributed by atoms with E-state index in [9.17, 15) is 0 Å². The van der Waals surface area contributed by atoms with Crippen LogP contribution in [0.4, 0.5) is 0 Å². The molecule has 0 saturated carbocycles. The molecular formula is C63H61N3. The highest BCUT2D eigenvalue weighted by atomic mass is 15.0. The maximum atomic E-state index is 2.49. The molecule has 0 fully saturated rings. The maximum absolute atomic E-state index is 2.49. The van der Waals surface area contributed by atoms with Gasteiger partial charge in [-0.15, -0.1) is 0 Å². The average Bonchev–Trinajstić information content (AvgIpc) is 3.95. The Morgan fingerprint density at radius 1 is 0.318 bits per heavy atom. The Balaban J connectivity index is 1.08. The second-order valence-corrected chi connectivity index (χ2v) is 20.6. The van der Waals surface area contributed by atoms with E-state index in [0.717, 1.165) is 13.1 Å². The fourth-order valence-electron chi connectivity index (χ4n) is 11.3. The minimum absolute atomic E-state index is 0.123. The summed E-state index contributed by atoms with van der Waals surface area (Å²) in [6.45, 7) is 25.0. The predicted molar refractivity (Wildman–Crippen MR) is 283 cm³/mol. The SMILES string of the molecule is CCn1c2ccc(C)cc2c2ccc(C(C)(C)c3ccc4c(c3)c3cc(C(C)(C)c5ccc6c7cc(C)ccc7n(CC)c6c5)ccc3n4-c3ccc(C(C)(C)c4ccccc4)cc3)cc21. The molecule has 11 rings (SSSR count). The monoisotopic (exact) mass is 859 g/mol. The summed E-state index contributed by atoms with van der Waals surface area (Å²) in [6.07, 6.45) is 0. The summed E-state index contributed by atoms with van der Waals surface area (Å²) in [4.78, 5) is 0. The van der Waals surface area contributed by atoms with E-state index in [0.29, 0.717) is 0 Å². The summed E-state index contributed by atoms with van der Waals surface area (Å²) in [5.41, 5.74) is 18.7. The highest BCUT2D eigenvalue weighted by molar-refractivity contribution is 6.11. The van der Waals surface area contributed by atoms with Gasteiger partial charge in [0.1, 0.15) is 0 Å². The largest absolute Gasteiger partial charge is 0.341 e. The zero-order valence-electron chi connectivity index (χ0n) is 40.3. The van der Waals surface area contributed by atoms with E-state index >= 15 is 0 Å². The first kappa shape index (κ1) is 41.8. The van der Waals surface area contributed by atoms with Crippen LogP contribution in [-0.2, 0) is 29.3 Å². The van der Waals surface area contributed by atoms with Crippen LogP contribution in [0.2, 0.25) is 0 Å². The van der Waals surface area contributed by atoms with E-state index in [1.807, 2.05) is 0 Å². The lowest BCUT2D eigenvalue weighted by Crippen LogP contribution is -2.19. The molecule has 8 aromatic carbocycles. The van der Waals surface area contributed by atoms with Crippen molar-refractivity contribution in [1.82, 2.24) is 13.7 Å². The number of fused-ring (bicyclic) bond motifs is 9. The van der Waals surface area contributed by atoms with Crippen molar-refractivity contribution in [2.24, 2.45) is 0 Å². The van der Waals surface area contributed by atoms with Gasteiger partial charge in [-0.1, -0.05) is 144 Å². The Morgan fingerprint density at radius 2 is 0.682 bits per heavy atom. The molecule has 3 aromatic heterocycles. The first-order valence-electron chi connectivity index (χ1n) is 24.0. The summed E-state index contributed by atoms with van der Waals surface area (Å²) in [5, 5.41) is 7.88. The molecule has 0 saturated heterocycles. The van der Waals surface area contributed by atoms with Gasteiger partial charge in [0, 0.05) is 89.4 Å². The fraction of sp³-hybridized carbons (Fsp3) is 0.238. The fourth-order valence-corrected chi connectivity index (χ4v) is 11.3. The molecule has 11 aromatic rings. The van der Waals surface area contributed by atoms with Gasteiger partial charge in [-0.25, -0.2) is 0 Å². The van der Waals surface area contributed by atoms with E-state index in [2.05, 4.69) is 247 Å². The molecule has 0 aliphatic carbocycles. The number of aryl methyl sites for hydroxylation is 4. The maximum Gasteiger partial charge on any atom is 0.0541 e. The predicted octanol–water partition coefficient (Wildman–Crippen LogP) is 16.6. The molecule has 3 heterocycles. The number of rotatable bonds is 9. The van der Waals surface area contributed by atoms with Crippen molar-refractivity contribution in [3.63, 3.8) is 0 Å². The number of hydrogen-bond donors (Lipinski definition) is 0. The van der Waals surface area contributed by atoms with Crippen LogP contribution in [0.3, 0.4) is 0 Å². The smallest absolute Gasteiger partial charge is 0.0541 e. The molecule has 0 atom stereocenters. The van der Waals surface area contributed by atoms with E-state index < -0.39 is 0 Å². The Kier molecular flexibility index (Phi) is 9.58. The first-order chi connectivity index (χ1) is 31.7. The normalized spacial score (nSPS) is 12.8. The van der Waals surface area contributed by atoms with Crippen molar-refractivity contribution in [3.05, 3.63) is 208 Å². The summed E-state index contributed by atoms with van der Waals surface area (Å²) in [5.74, 6) is 0. The molecule has 0 aliphatic rings. The third kappa shape index (κ3) is 6.30. The van der Waals surface area contributed by atoms with Crippen molar-refractivity contribution in [2.45, 2.75) is 98.6 Å². The highest BCUT2D eigenvalue weighted by Gasteiger charge is 2.29. The summed E-state index contributed by atoms with van der Waals surface area (Å²) in [7, 11) is 0. The van der Waals surface area contributed by atoms with Crippen molar-refractivity contribution in [2.75, 3.05) is 0 Å². The second kappa shape index (κ2) is 15.1. The molecular weight excluding hydrogens is 799 g/mol. The van der Waals surface area contributed by atoms with Crippen LogP contribution in [0.5, 0.6) is 0 Å². The molecule has 0 bridgehead atoms. The quantitative estimate of drug-likeness (QED) is 0.137.